The lowest BCUT2D eigenvalue weighted by Crippen LogP contribution is -2.26. The Labute approximate surface area is 221 Å². The molecule has 0 amide bonds. The van der Waals surface area contributed by atoms with Crippen molar-refractivity contribution in [2.75, 3.05) is 5.32 Å². The van der Waals surface area contributed by atoms with Crippen LogP contribution in [0.3, 0.4) is 0 Å². The Kier molecular flexibility index (Phi) is 5.84. The van der Waals surface area contributed by atoms with Gasteiger partial charge in [0.15, 0.2) is 5.82 Å². The second-order valence-corrected chi connectivity index (χ2v) is 9.28. The van der Waals surface area contributed by atoms with Crippen LogP contribution in [-0.4, -0.2) is 29.3 Å². The van der Waals surface area contributed by atoms with Crippen LogP contribution < -0.4 is 10.9 Å². The van der Waals surface area contributed by atoms with Gasteiger partial charge in [-0.1, -0.05) is 24.3 Å². The second kappa shape index (κ2) is 9.35. The van der Waals surface area contributed by atoms with E-state index < -0.39 is 11.9 Å². The minimum atomic E-state index is -0.450. The molecule has 0 radical (unpaired) electrons. The fraction of sp³-hybridized carbons (Fsp3) is 0.107. The smallest absolute Gasteiger partial charge is 0.263 e. The van der Waals surface area contributed by atoms with Crippen molar-refractivity contribution in [1.82, 2.24) is 29.3 Å². The molecule has 0 fully saturated rings. The first-order valence-electron chi connectivity index (χ1n) is 11.9. The Hall–Kier alpha value is -4.63. The molecule has 8 nitrogen and oxygen atoms in total. The predicted molar refractivity (Wildman–Crippen MR) is 146 cm³/mol. The molecule has 2 aromatic carbocycles. The third kappa shape index (κ3) is 4.16. The van der Waals surface area contributed by atoms with Crippen LogP contribution in [0.2, 0.25) is 5.28 Å². The van der Waals surface area contributed by atoms with E-state index in [9.17, 15) is 9.18 Å². The first-order valence-corrected chi connectivity index (χ1v) is 12.3. The maximum absolute atomic E-state index is 14.4. The van der Waals surface area contributed by atoms with Crippen LogP contribution >= 0.6 is 11.6 Å². The standard InChI is InChI=1S/C28H21ClFN7O/c1-16(33-26-25-22(10-5-11-31-25)34-28(29)35-26)23-12-17-6-3-9-21(18-14-32-36(2)15-18)24(17)27(38)37(23)20-8-4-7-19(30)13-20/h3-16H,1-2H3,(H,33,34,35). The Morgan fingerprint density at radius 2 is 1.89 bits per heavy atom. The molecule has 0 saturated carbocycles. The quantitative estimate of drug-likeness (QED) is 0.291. The van der Waals surface area contributed by atoms with Crippen LogP contribution in [0, 0.1) is 5.82 Å². The summed E-state index contributed by atoms with van der Waals surface area (Å²) in [7, 11) is 1.82. The van der Waals surface area contributed by atoms with Gasteiger partial charge in [0.2, 0.25) is 5.28 Å². The van der Waals surface area contributed by atoms with E-state index in [-0.39, 0.29) is 10.8 Å². The third-order valence-electron chi connectivity index (χ3n) is 6.38. The van der Waals surface area contributed by atoms with Crippen LogP contribution in [0.15, 0.2) is 84.0 Å². The van der Waals surface area contributed by atoms with Crippen molar-refractivity contribution in [3.8, 4) is 16.8 Å². The summed E-state index contributed by atoms with van der Waals surface area (Å²) in [6.07, 6.45) is 5.22. The fourth-order valence-electron chi connectivity index (χ4n) is 4.70. The SMILES string of the molecule is CC(Nc1nc(Cl)nc2cccnc12)c1cc2cccc(-c3cnn(C)c3)c2c(=O)n1-c1cccc(F)c1. The lowest BCUT2D eigenvalue weighted by Gasteiger charge is -2.22. The number of aromatic nitrogens is 6. The number of anilines is 1. The zero-order valence-corrected chi connectivity index (χ0v) is 21.2. The van der Waals surface area contributed by atoms with Crippen LogP contribution in [0.1, 0.15) is 18.7 Å². The number of pyridine rings is 2. The van der Waals surface area contributed by atoms with E-state index >= 15 is 0 Å². The van der Waals surface area contributed by atoms with Crippen LogP contribution in [0.5, 0.6) is 0 Å². The van der Waals surface area contributed by atoms with Gasteiger partial charge >= 0.3 is 0 Å². The summed E-state index contributed by atoms with van der Waals surface area (Å²) >= 11 is 6.18. The van der Waals surface area contributed by atoms with E-state index in [2.05, 4.69) is 25.4 Å². The number of aryl methyl sites for hydroxylation is 1. The molecule has 38 heavy (non-hydrogen) atoms. The highest BCUT2D eigenvalue weighted by atomic mass is 35.5. The summed E-state index contributed by atoms with van der Waals surface area (Å²) in [5, 5.41) is 8.94. The Bertz CT molecular complexity index is 1900. The maximum Gasteiger partial charge on any atom is 0.263 e. The van der Waals surface area contributed by atoms with Crippen molar-refractivity contribution in [1.29, 1.82) is 0 Å². The van der Waals surface area contributed by atoms with Crippen LogP contribution in [0.25, 0.3) is 38.6 Å². The highest BCUT2D eigenvalue weighted by molar-refractivity contribution is 6.28. The van der Waals surface area contributed by atoms with E-state index in [4.69, 9.17) is 11.6 Å². The molecule has 1 unspecified atom stereocenters. The fourth-order valence-corrected chi connectivity index (χ4v) is 4.88. The van der Waals surface area contributed by atoms with E-state index in [0.717, 1.165) is 16.5 Å². The summed E-state index contributed by atoms with van der Waals surface area (Å²) in [6, 6.07) is 16.7. The van der Waals surface area contributed by atoms with Gasteiger partial charge in [-0.05, 0) is 65.9 Å². The van der Waals surface area contributed by atoms with Gasteiger partial charge in [-0.2, -0.15) is 10.1 Å². The first-order chi connectivity index (χ1) is 18.4. The summed E-state index contributed by atoms with van der Waals surface area (Å²) in [5.41, 5.74) is 3.43. The normalized spacial score (nSPS) is 12.2. The highest BCUT2D eigenvalue weighted by Gasteiger charge is 2.21. The van der Waals surface area contributed by atoms with Gasteiger partial charge in [0.25, 0.3) is 5.56 Å². The molecule has 4 heterocycles. The molecule has 0 aliphatic heterocycles. The molecule has 10 heteroatoms. The molecule has 0 aliphatic carbocycles. The predicted octanol–water partition coefficient (Wildman–Crippen LogP) is 5.70. The molecule has 0 spiro atoms. The minimum Gasteiger partial charge on any atom is -0.360 e. The molecular weight excluding hydrogens is 505 g/mol. The maximum atomic E-state index is 14.4. The third-order valence-corrected chi connectivity index (χ3v) is 6.55. The average molecular weight is 526 g/mol. The second-order valence-electron chi connectivity index (χ2n) is 8.94. The summed E-state index contributed by atoms with van der Waals surface area (Å²) in [5.74, 6) is -0.0186. The molecule has 188 valence electrons. The molecule has 0 bridgehead atoms. The number of nitrogens with zero attached hydrogens (tertiary/aromatic N) is 6. The average Bonchev–Trinajstić information content (AvgIpc) is 3.34. The van der Waals surface area contributed by atoms with Crippen molar-refractivity contribution in [3.05, 3.63) is 106 Å². The number of nitrogens with one attached hydrogen (secondary N) is 1. The zero-order chi connectivity index (χ0) is 26.4. The van der Waals surface area contributed by atoms with E-state index in [1.54, 1.807) is 41.3 Å². The highest BCUT2D eigenvalue weighted by Crippen LogP contribution is 2.31. The molecule has 0 saturated heterocycles. The van der Waals surface area contributed by atoms with Crippen molar-refractivity contribution < 1.29 is 4.39 Å². The number of halogens is 2. The van der Waals surface area contributed by atoms with Crippen molar-refractivity contribution in [2.24, 2.45) is 7.05 Å². The summed E-state index contributed by atoms with van der Waals surface area (Å²) in [4.78, 5) is 27.2. The van der Waals surface area contributed by atoms with Crippen molar-refractivity contribution >= 4 is 39.2 Å². The lowest BCUT2D eigenvalue weighted by atomic mass is 9.99. The van der Waals surface area contributed by atoms with Crippen LogP contribution in [-0.2, 0) is 7.05 Å². The zero-order valence-electron chi connectivity index (χ0n) is 20.4. The molecule has 1 N–H and O–H groups in total. The Morgan fingerprint density at radius 1 is 1.05 bits per heavy atom. The molecule has 4 aromatic heterocycles. The van der Waals surface area contributed by atoms with Gasteiger partial charge in [0, 0.05) is 30.7 Å². The van der Waals surface area contributed by atoms with Crippen LogP contribution in [0.4, 0.5) is 10.2 Å². The van der Waals surface area contributed by atoms with Gasteiger partial charge in [0.1, 0.15) is 11.3 Å². The van der Waals surface area contributed by atoms with Gasteiger partial charge in [-0.3, -0.25) is 19.0 Å². The first kappa shape index (κ1) is 23.7. The number of hydrogen-bond donors (Lipinski definition) is 1. The number of rotatable bonds is 5. The Morgan fingerprint density at radius 3 is 2.68 bits per heavy atom. The molecule has 6 aromatic rings. The minimum absolute atomic E-state index is 0.0716. The molecule has 1 atom stereocenters. The number of benzene rings is 2. The monoisotopic (exact) mass is 525 g/mol. The molecule has 6 rings (SSSR count). The Balaban J connectivity index is 1.58. The van der Waals surface area contributed by atoms with Gasteiger partial charge in [-0.15, -0.1) is 0 Å². The van der Waals surface area contributed by atoms with E-state index in [1.165, 1.54) is 16.7 Å². The topological polar surface area (TPSA) is 90.5 Å². The largest absolute Gasteiger partial charge is 0.360 e. The number of fused-ring (bicyclic) bond motifs is 2. The van der Waals surface area contributed by atoms with E-state index in [1.807, 2.05) is 44.4 Å². The van der Waals surface area contributed by atoms with Crippen molar-refractivity contribution in [3.63, 3.8) is 0 Å². The summed E-state index contributed by atoms with van der Waals surface area (Å²) < 4.78 is 17.6. The van der Waals surface area contributed by atoms with Gasteiger partial charge in [-0.25, -0.2) is 9.37 Å². The molecule has 0 aliphatic rings. The summed E-state index contributed by atoms with van der Waals surface area (Å²) in [6.45, 7) is 1.89. The lowest BCUT2D eigenvalue weighted by molar-refractivity contribution is 0.625. The van der Waals surface area contributed by atoms with Crippen molar-refractivity contribution in [2.45, 2.75) is 13.0 Å². The van der Waals surface area contributed by atoms with Gasteiger partial charge in [0.05, 0.1) is 28.8 Å². The van der Waals surface area contributed by atoms with Gasteiger partial charge < -0.3 is 5.32 Å². The number of hydrogen-bond acceptors (Lipinski definition) is 6. The van der Waals surface area contributed by atoms with E-state index in [0.29, 0.717) is 33.6 Å². The molecular formula is C28H21ClFN7O.